The van der Waals surface area contributed by atoms with Crippen LogP contribution in [0.1, 0.15) is 46.7 Å². The van der Waals surface area contributed by atoms with Crippen LogP contribution in [0.2, 0.25) is 0 Å². The monoisotopic (exact) mass is 208 g/mol. The van der Waals surface area contributed by atoms with Crippen LogP contribution >= 0.6 is 11.3 Å². The van der Waals surface area contributed by atoms with Gasteiger partial charge in [0.25, 0.3) is 0 Å². The van der Waals surface area contributed by atoms with Gasteiger partial charge in [0.05, 0.1) is 10.7 Å². The second kappa shape index (κ2) is 3.31. The largest absolute Gasteiger partial charge is 0.315 e. The molecule has 76 valence electrons. The van der Waals surface area contributed by atoms with Crippen LogP contribution in [0.5, 0.6) is 0 Å². The lowest BCUT2D eigenvalue weighted by Gasteiger charge is -2.26. The van der Waals surface area contributed by atoms with Crippen molar-refractivity contribution in [1.29, 1.82) is 0 Å². The van der Waals surface area contributed by atoms with Gasteiger partial charge in [0.1, 0.15) is 0 Å². The van der Waals surface area contributed by atoms with E-state index in [0.29, 0.717) is 5.92 Å². The lowest BCUT2D eigenvalue weighted by Crippen LogP contribution is -2.40. The molecule has 1 saturated carbocycles. The molecular weight excluding hydrogens is 192 g/mol. The number of aryl methyl sites for hydroxylation is 1. The van der Waals surface area contributed by atoms with Crippen LogP contribution in [-0.4, -0.2) is 18.1 Å². The molecule has 2 fully saturated rings. The molecule has 0 bridgehead atoms. The molecule has 1 aliphatic carbocycles. The molecule has 0 radical (unpaired) electrons. The Kier molecular flexibility index (Phi) is 2.10. The minimum atomic E-state index is 0.708. The van der Waals surface area contributed by atoms with Gasteiger partial charge < -0.3 is 5.32 Å². The van der Waals surface area contributed by atoms with Crippen LogP contribution in [0.3, 0.4) is 0 Å². The van der Waals surface area contributed by atoms with Crippen molar-refractivity contribution in [3.05, 3.63) is 15.6 Å². The maximum Gasteiger partial charge on any atom is 0.0962 e. The summed E-state index contributed by atoms with van der Waals surface area (Å²) < 4.78 is 0. The minimum absolute atomic E-state index is 0.708. The average Bonchev–Trinajstić information content (AvgIpc) is 2.25. The van der Waals surface area contributed by atoms with Crippen LogP contribution in [0.25, 0.3) is 0 Å². The highest BCUT2D eigenvalue weighted by Crippen LogP contribution is 2.40. The predicted molar refractivity (Wildman–Crippen MR) is 59.1 cm³/mol. The zero-order valence-electron chi connectivity index (χ0n) is 8.55. The van der Waals surface area contributed by atoms with E-state index < -0.39 is 0 Å². The van der Waals surface area contributed by atoms with Crippen molar-refractivity contribution in [3.63, 3.8) is 0 Å². The van der Waals surface area contributed by atoms with Crippen LogP contribution < -0.4 is 5.32 Å². The van der Waals surface area contributed by atoms with E-state index in [0.717, 1.165) is 19.0 Å². The first-order chi connectivity index (χ1) is 6.84. The molecule has 0 amide bonds. The van der Waals surface area contributed by atoms with E-state index in [9.17, 15) is 0 Å². The zero-order valence-corrected chi connectivity index (χ0v) is 9.36. The number of nitrogens with zero attached hydrogens (tertiary/aromatic N) is 1. The smallest absolute Gasteiger partial charge is 0.0962 e. The highest BCUT2D eigenvalue weighted by atomic mass is 32.1. The van der Waals surface area contributed by atoms with Crippen molar-refractivity contribution in [2.75, 3.05) is 13.1 Å². The second-order valence-corrected chi connectivity index (χ2v) is 5.71. The molecule has 2 heterocycles. The van der Waals surface area contributed by atoms with E-state index in [2.05, 4.69) is 12.2 Å². The Balaban J connectivity index is 1.84. The Bertz CT molecular complexity index is 337. The Hall–Kier alpha value is -0.410. The van der Waals surface area contributed by atoms with Crippen LogP contribution in [0.15, 0.2) is 0 Å². The average molecular weight is 208 g/mol. The van der Waals surface area contributed by atoms with Gasteiger partial charge in [-0.3, -0.25) is 0 Å². The summed E-state index contributed by atoms with van der Waals surface area (Å²) in [6, 6.07) is 0. The van der Waals surface area contributed by atoms with Crippen LogP contribution in [0.4, 0.5) is 0 Å². The van der Waals surface area contributed by atoms with Gasteiger partial charge in [0, 0.05) is 29.8 Å². The zero-order chi connectivity index (χ0) is 9.54. The number of nitrogens with one attached hydrogen (secondary N) is 1. The van der Waals surface area contributed by atoms with E-state index >= 15 is 0 Å². The van der Waals surface area contributed by atoms with E-state index in [1.54, 1.807) is 0 Å². The molecule has 1 aromatic rings. The Morgan fingerprint density at radius 1 is 1.29 bits per heavy atom. The van der Waals surface area contributed by atoms with Gasteiger partial charge in [-0.25, -0.2) is 4.98 Å². The Morgan fingerprint density at radius 3 is 2.57 bits per heavy atom. The first-order valence-corrected chi connectivity index (χ1v) is 6.34. The van der Waals surface area contributed by atoms with Crippen molar-refractivity contribution in [1.82, 2.24) is 10.3 Å². The lowest BCUT2D eigenvalue weighted by atomic mass is 9.86. The quantitative estimate of drug-likeness (QED) is 0.807. The predicted octanol–water partition coefficient (Wildman–Crippen LogP) is 2.41. The summed E-state index contributed by atoms with van der Waals surface area (Å²) in [4.78, 5) is 6.29. The van der Waals surface area contributed by atoms with Crippen LogP contribution in [-0.2, 0) is 0 Å². The highest BCUT2D eigenvalue weighted by molar-refractivity contribution is 7.11. The molecule has 2 nitrogen and oxygen atoms in total. The first-order valence-electron chi connectivity index (χ1n) is 5.52. The summed E-state index contributed by atoms with van der Waals surface area (Å²) in [5.41, 5.74) is 1.38. The first kappa shape index (κ1) is 8.86. The molecule has 0 unspecified atom stereocenters. The third kappa shape index (κ3) is 1.30. The van der Waals surface area contributed by atoms with Gasteiger partial charge in [-0.1, -0.05) is 6.42 Å². The summed E-state index contributed by atoms with van der Waals surface area (Å²) >= 11 is 1.94. The molecule has 1 aromatic heterocycles. The molecule has 1 N–H and O–H groups in total. The van der Waals surface area contributed by atoms with Gasteiger partial charge in [-0.2, -0.15) is 0 Å². The number of aromatic nitrogens is 1. The van der Waals surface area contributed by atoms with Crippen LogP contribution in [0, 0.1) is 6.92 Å². The maximum atomic E-state index is 4.83. The van der Waals surface area contributed by atoms with E-state index in [-0.39, 0.29) is 0 Å². The van der Waals surface area contributed by atoms with Gasteiger partial charge in [0.15, 0.2) is 0 Å². The normalized spacial score (nSPS) is 23.2. The molecule has 2 aliphatic rings. The summed E-state index contributed by atoms with van der Waals surface area (Å²) in [5.74, 6) is 1.51. The van der Waals surface area contributed by atoms with Gasteiger partial charge in [-0.15, -0.1) is 11.3 Å². The summed E-state index contributed by atoms with van der Waals surface area (Å²) in [5, 5.41) is 4.73. The summed E-state index contributed by atoms with van der Waals surface area (Å²) in [6.07, 6.45) is 4.15. The summed E-state index contributed by atoms with van der Waals surface area (Å²) in [6.45, 7) is 4.50. The van der Waals surface area contributed by atoms with Crippen molar-refractivity contribution in [2.24, 2.45) is 0 Å². The SMILES string of the molecule is Cc1sc(C2CCC2)nc1C1CNC1. The Morgan fingerprint density at radius 2 is 2.07 bits per heavy atom. The topological polar surface area (TPSA) is 24.9 Å². The number of hydrogen-bond donors (Lipinski definition) is 1. The van der Waals surface area contributed by atoms with Gasteiger partial charge in [0.2, 0.25) is 0 Å². The molecule has 0 spiro atoms. The van der Waals surface area contributed by atoms with E-state index in [1.165, 1.54) is 34.8 Å². The molecule has 14 heavy (non-hydrogen) atoms. The Labute approximate surface area is 88.7 Å². The molecular formula is C11H16N2S. The molecule has 0 aromatic carbocycles. The third-order valence-electron chi connectivity index (χ3n) is 3.47. The molecule has 3 heteroatoms. The summed E-state index contributed by atoms with van der Waals surface area (Å²) in [7, 11) is 0. The van der Waals surface area contributed by atoms with Crippen molar-refractivity contribution in [3.8, 4) is 0 Å². The fourth-order valence-electron chi connectivity index (χ4n) is 2.12. The minimum Gasteiger partial charge on any atom is -0.315 e. The van der Waals surface area contributed by atoms with E-state index in [1.807, 2.05) is 11.3 Å². The molecule has 0 atom stereocenters. The molecule has 1 aliphatic heterocycles. The molecule has 1 saturated heterocycles. The third-order valence-corrected chi connectivity index (χ3v) is 4.62. The number of thiazole rings is 1. The van der Waals surface area contributed by atoms with Gasteiger partial charge in [-0.05, 0) is 19.8 Å². The number of hydrogen-bond acceptors (Lipinski definition) is 3. The van der Waals surface area contributed by atoms with E-state index in [4.69, 9.17) is 4.98 Å². The fraction of sp³-hybridized carbons (Fsp3) is 0.727. The van der Waals surface area contributed by atoms with Gasteiger partial charge >= 0.3 is 0 Å². The standard InChI is InChI=1S/C11H16N2S/c1-7-10(9-5-12-6-9)13-11(14-7)8-3-2-4-8/h8-9,12H,2-6H2,1H3. The maximum absolute atomic E-state index is 4.83. The molecule has 3 rings (SSSR count). The fourth-order valence-corrected chi connectivity index (χ4v) is 3.30. The van der Waals surface area contributed by atoms with Crippen molar-refractivity contribution < 1.29 is 0 Å². The number of rotatable bonds is 2. The van der Waals surface area contributed by atoms with Crippen molar-refractivity contribution in [2.45, 2.75) is 38.0 Å². The lowest BCUT2D eigenvalue weighted by molar-refractivity contribution is 0.411. The second-order valence-electron chi connectivity index (χ2n) is 4.48. The highest BCUT2D eigenvalue weighted by Gasteiger charge is 2.28. The van der Waals surface area contributed by atoms with Crippen molar-refractivity contribution >= 4 is 11.3 Å².